The first-order chi connectivity index (χ1) is 17.0. The van der Waals surface area contributed by atoms with Gasteiger partial charge in [0, 0.05) is 31.1 Å². The van der Waals surface area contributed by atoms with Crippen molar-refractivity contribution >= 4 is 0 Å². The van der Waals surface area contributed by atoms with Crippen molar-refractivity contribution in [2.24, 2.45) is 11.7 Å². The maximum atomic E-state index is 9.45. The molecule has 5 nitrogen and oxygen atoms in total. The lowest BCUT2D eigenvalue weighted by Crippen LogP contribution is -2.43. The molecule has 0 saturated carbocycles. The van der Waals surface area contributed by atoms with Crippen molar-refractivity contribution in [1.82, 2.24) is 4.90 Å². The molecule has 1 aliphatic rings. The Morgan fingerprint density at radius 3 is 2.34 bits per heavy atom. The minimum atomic E-state index is -0.492. The summed E-state index contributed by atoms with van der Waals surface area (Å²) in [5, 5.41) is 9.45. The number of hydrogen-bond donors (Lipinski definition) is 2. The highest BCUT2D eigenvalue weighted by Gasteiger charge is 2.38. The molecule has 35 heavy (non-hydrogen) atoms. The number of nitrogens with two attached hydrogens (primary N) is 1. The number of hydrogen-bond acceptors (Lipinski definition) is 5. The van der Waals surface area contributed by atoms with Gasteiger partial charge in [-0.15, -0.1) is 6.58 Å². The normalized spacial score (nSPS) is 22.3. The van der Waals surface area contributed by atoms with E-state index in [1.54, 1.807) is 0 Å². The van der Waals surface area contributed by atoms with E-state index in [1.165, 1.54) is 0 Å². The zero-order valence-electron chi connectivity index (χ0n) is 20.6. The first kappa shape index (κ1) is 25.3. The molecule has 3 aromatic carbocycles. The van der Waals surface area contributed by atoms with Crippen LogP contribution in [0.3, 0.4) is 0 Å². The van der Waals surface area contributed by atoms with E-state index >= 15 is 0 Å². The van der Waals surface area contributed by atoms with Crippen LogP contribution in [0, 0.1) is 5.92 Å². The average molecular weight is 473 g/mol. The van der Waals surface area contributed by atoms with Crippen LogP contribution >= 0.6 is 0 Å². The van der Waals surface area contributed by atoms with Crippen LogP contribution in [0.4, 0.5) is 0 Å². The molecule has 4 atom stereocenters. The van der Waals surface area contributed by atoms with Gasteiger partial charge < -0.3 is 25.2 Å². The Balaban J connectivity index is 1.65. The molecule has 0 spiro atoms. The quantitative estimate of drug-likeness (QED) is 0.418. The number of benzene rings is 3. The van der Waals surface area contributed by atoms with E-state index in [4.69, 9.17) is 15.2 Å². The summed E-state index contributed by atoms with van der Waals surface area (Å²) < 4.78 is 13.2. The molecule has 4 rings (SSSR count). The number of ether oxygens (including phenoxy) is 2. The first-order valence-electron chi connectivity index (χ1n) is 12.2. The molecule has 0 aliphatic carbocycles. The van der Waals surface area contributed by atoms with E-state index in [0.29, 0.717) is 6.54 Å². The Kier molecular flexibility index (Phi) is 8.50. The number of aliphatic hydroxyl groups excluding tert-OH is 1. The van der Waals surface area contributed by atoms with Gasteiger partial charge in [-0.1, -0.05) is 73.7 Å². The lowest BCUT2D eigenvalue weighted by atomic mass is 9.90. The van der Waals surface area contributed by atoms with Crippen LogP contribution in [0.25, 0.3) is 11.1 Å². The smallest absolute Gasteiger partial charge is 0.184 e. The molecule has 0 bridgehead atoms. The molecule has 3 aromatic rings. The lowest BCUT2D eigenvalue weighted by molar-refractivity contribution is -0.275. The molecule has 0 amide bonds. The van der Waals surface area contributed by atoms with Gasteiger partial charge >= 0.3 is 0 Å². The molecular weight excluding hydrogens is 436 g/mol. The zero-order chi connectivity index (χ0) is 24.8. The van der Waals surface area contributed by atoms with Gasteiger partial charge in [0.15, 0.2) is 6.29 Å². The maximum Gasteiger partial charge on any atom is 0.184 e. The second-order valence-corrected chi connectivity index (χ2v) is 9.36. The first-order valence-corrected chi connectivity index (χ1v) is 12.2. The van der Waals surface area contributed by atoms with Gasteiger partial charge in [0.2, 0.25) is 0 Å². The Hall–Kier alpha value is -2.80. The van der Waals surface area contributed by atoms with Crippen molar-refractivity contribution in [2.75, 3.05) is 20.1 Å². The SMILES string of the molecule is C=CCN(C)C[C@@H]1O[C@H](c2cccc(-c3cccc(CN)c3)c2)O[C@H](c2ccc(CO)cc2)[C@@H]1C. The fourth-order valence-electron chi connectivity index (χ4n) is 4.67. The molecule has 1 heterocycles. The Labute approximate surface area is 208 Å². The summed E-state index contributed by atoms with van der Waals surface area (Å²) >= 11 is 0. The summed E-state index contributed by atoms with van der Waals surface area (Å²) in [7, 11) is 2.08. The van der Waals surface area contributed by atoms with Crippen LogP contribution in [-0.4, -0.2) is 36.2 Å². The summed E-state index contributed by atoms with van der Waals surface area (Å²) in [5.74, 6) is 0.142. The third-order valence-electron chi connectivity index (χ3n) is 6.71. The summed E-state index contributed by atoms with van der Waals surface area (Å²) in [6, 6.07) is 24.7. The summed E-state index contributed by atoms with van der Waals surface area (Å²) in [6.07, 6.45) is 1.26. The van der Waals surface area contributed by atoms with E-state index in [2.05, 4.69) is 61.8 Å². The van der Waals surface area contributed by atoms with E-state index in [0.717, 1.165) is 46.5 Å². The Morgan fingerprint density at radius 1 is 0.943 bits per heavy atom. The number of rotatable bonds is 9. The van der Waals surface area contributed by atoms with Crippen LogP contribution in [0.2, 0.25) is 0 Å². The molecule has 5 heteroatoms. The maximum absolute atomic E-state index is 9.45. The largest absolute Gasteiger partial charge is 0.392 e. The highest BCUT2D eigenvalue weighted by Crippen LogP contribution is 2.42. The van der Waals surface area contributed by atoms with Crippen molar-refractivity contribution in [3.63, 3.8) is 0 Å². The van der Waals surface area contributed by atoms with Gasteiger partial charge in [-0.25, -0.2) is 0 Å². The Morgan fingerprint density at radius 2 is 1.66 bits per heavy atom. The summed E-state index contributed by atoms with van der Waals surface area (Å²) in [5.41, 5.74) is 12.1. The number of nitrogens with zero attached hydrogens (tertiary/aromatic N) is 1. The van der Waals surface area contributed by atoms with Crippen molar-refractivity contribution in [2.45, 2.75) is 38.6 Å². The molecule has 0 radical (unpaired) electrons. The summed E-state index contributed by atoms with van der Waals surface area (Å²) in [6.45, 7) is 8.16. The summed E-state index contributed by atoms with van der Waals surface area (Å²) in [4.78, 5) is 2.22. The van der Waals surface area contributed by atoms with Crippen LogP contribution in [-0.2, 0) is 22.6 Å². The molecule has 0 aromatic heterocycles. The molecule has 0 unspecified atom stereocenters. The van der Waals surface area contributed by atoms with Gasteiger partial charge in [0.25, 0.3) is 0 Å². The highest BCUT2D eigenvalue weighted by atomic mass is 16.7. The van der Waals surface area contributed by atoms with Crippen molar-refractivity contribution in [3.05, 3.63) is 108 Å². The van der Waals surface area contributed by atoms with Gasteiger partial charge in [-0.05, 0) is 47.0 Å². The van der Waals surface area contributed by atoms with E-state index in [9.17, 15) is 5.11 Å². The molecule has 1 fully saturated rings. The van der Waals surface area contributed by atoms with E-state index in [1.807, 2.05) is 42.5 Å². The van der Waals surface area contributed by atoms with E-state index in [-0.39, 0.29) is 24.7 Å². The fraction of sp³-hybridized carbons (Fsp3) is 0.333. The number of aliphatic hydroxyl groups is 1. The molecule has 184 valence electrons. The standard InChI is InChI=1S/C30H36N2O3/c1-4-15-32(3)19-28-21(2)29(24-13-11-22(20-33)12-14-24)35-30(34-28)27-10-6-9-26(17-27)25-8-5-7-23(16-25)18-31/h4-14,16-17,21,28-30,33H,1,15,18-20,31H2,2-3H3/t21-,28+,29+,30+/m1/s1. The van der Waals surface area contributed by atoms with Crippen LogP contribution in [0.1, 0.15) is 41.6 Å². The fourth-order valence-corrected chi connectivity index (χ4v) is 4.67. The monoisotopic (exact) mass is 472 g/mol. The Bertz CT molecular complexity index is 1110. The molecule has 1 saturated heterocycles. The second-order valence-electron chi connectivity index (χ2n) is 9.36. The van der Waals surface area contributed by atoms with Crippen LogP contribution in [0.15, 0.2) is 85.5 Å². The molecule has 3 N–H and O–H groups in total. The lowest BCUT2D eigenvalue weighted by Gasteiger charge is -2.42. The third-order valence-corrected chi connectivity index (χ3v) is 6.71. The highest BCUT2D eigenvalue weighted by molar-refractivity contribution is 5.65. The predicted molar refractivity (Wildman–Crippen MR) is 140 cm³/mol. The van der Waals surface area contributed by atoms with Crippen molar-refractivity contribution in [1.29, 1.82) is 0 Å². The zero-order valence-corrected chi connectivity index (χ0v) is 20.6. The van der Waals surface area contributed by atoms with E-state index < -0.39 is 6.29 Å². The van der Waals surface area contributed by atoms with Crippen molar-refractivity contribution < 1.29 is 14.6 Å². The molecular formula is C30H36N2O3. The van der Waals surface area contributed by atoms with Crippen LogP contribution < -0.4 is 5.73 Å². The second kappa shape index (κ2) is 11.8. The third kappa shape index (κ3) is 6.07. The predicted octanol–water partition coefficient (Wildman–Crippen LogP) is 5.21. The number of likely N-dealkylation sites (N-methyl/N-ethyl adjacent to an activating group) is 1. The van der Waals surface area contributed by atoms with Crippen LogP contribution in [0.5, 0.6) is 0 Å². The van der Waals surface area contributed by atoms with Gasteiger partial charge in [0.05, 0.1) is 18.8 Å². The minimum Gasteiger partial charge on any atom is -0.392 e. The minimum absolute atomic E-state index is 0.0227. The average Bonchev–Trinajstić information content (AvgIpc) is 2.90. The van der Waals surface area contributed by atoms with Gasteiger partial charge in [-0.3, -0.25) is 0 Å². The van der Waals surface area contributed by atoms with Crippen molar-refractivity contribution in [3.8, 4) is 11.1 Å². The topological polar surface area (TPSA) is 68.0 Å². The van der Waals surface area contributed by atoms with Gasteiger partial charge in [-0.2, -0.15) is 0 Å². The molecule has 1 aliphatic heterocycles. The van der Waals surface area contributed by atoms with Gasteiger partial charge in [0.1, 0.15) is 0 Å².